The second-order valence-electron chi connectivity index (χ2n) is 7.34. The second kappa shape index (κ2) is 4.61. The SMILES string of the molecule is CC1=C[C@H]2O[C@H]([C@@H](C)O)[C@@]3(CO3)C(C)(C)[C@@]2(CO)[C@H](O)C1=O. The summed E-state index contributed by atoms with van der Waals surface area (Å²) in [6.45, 7) is 6.96. The highest BCUT2D eigenvalue weighted by atomic mass is 16.6. The topological polar surface area (TPSA) is 99.5 Å². The first-order valence-electron chi connectivity index (χ1n) is 7.65. The van der Waals surface area contributed by atoms with Gasteiger partial charge in [-0.2, -0.15) is 0 Å². The van der Waals surface area contributed by atoms with Crippen LogP contribution < -0.4 is 0 Å². The maximum absolute atomic E-state index is 12.3. The summed E-state index contributed by atoms with van der Waals surface area (Å²) in [6.07, 6.45) is -1.70. The fourth-order valence-electron chi connectivity index (χ4n) is 4.42. The van der Waals surface area contributed by atoms with Crippen molar-refractivity contribution in [1.29, 1.82) is 0 Å². The van der Waals surface area contributed by atoms with Crippen LogP contribution in [0.3, 0.4) is 0 Å². The highest BCUT2D eigenvalue weighted by Gasteiger charge is 2.77. The first kappa shape index (κ1) is 16.1. The number of carbonyl (C=O) groups is 1. The van der Waals surface area contributed by atoms with E-state index in [0.717, 1.165) is 0 Å². The highest BCUT2D eigenvalue weighted by Crippen LogP contribution is 2.65. The molecule has 2 heterocycles. The summed E-state index contributed by atoms with van der Waals surface area (Å²) >= 11 is 0. The number of aliphatic hydroxyl groups excluding tert-OH is 3. The van der Waals surface area contributed by atoms with Crippen molar-refractivity contribution in [2.24, 2.45) is 10.8 Å². The summed E-state index contributed by atoms with van der Waals surface area (Å²) in [5.41, 5.74) is -2.34. The van der Waals surface area contributed by atoms with Crippen molar-refractivity contribution in [3.63, 3.8) is 0 Å². The molecule has 6 nitrogen and oxygen atoms in total. The van der Waals surface area contributed by atoms with Crippen LogP contribution >= 0.6 is 0 Å². The predicted octanol–water partition coefficient (Wildman–Crippen LogP) is -0.202. The van der Waals surface area contributed by atoms with Gasteiger partial charge in [-0.05, 0) is 25.5 Å². The van der Waals surface area contributed by atoms with Crippen LogP contribution in [0.1, 0.15) is 27.7 Å². The first-order chi connectivity index (χ1) is 10.2. The number of ether oxygens (including phenoxy) is 2. The molecule has 22 heavy (non-hydrogen) atoms. The van der Waals surface area contributed by atoms with E-state index in [-0.39, 0.29) is 0 Å². The standard InChI is InChI=1S/C16H24O6/c1-8-5-10-15(6-17,12(20)11(8)19)14(3,4)16(7-21-16)13(22-10)9(2)18/h5,9-10,12-13,17-18,20H,6-7H2,1-4H3/t9-,10-,12-,13-,15-,16+/m1/s1. The normalized spacial score (nSPS) is 47.9. The van der Waals surface area contributed by atoms with Gasteiger partial charge in [0.1, 0.15) is 17.8 Å². The van der Waals surface area contributed by atoms with E-state index >= 15 is 0 Å². The Kier molecular flexibility index (Phi) is 3.37. The number of Topliss-reactive ketones (excluding diaryl/α,β-unsaturated/α-hetero) is 1. The van der Waals surface area contributed by atoms with Crippen LogP contribution in [0.15, 0.2) is 11.6 Å². The number of fused-ring (bicyclic) bond motifs is 1. The van der Waals surface area contributed by atoms with Crippen LogP contribution in [-0.2, 0) is 14.3 Å². The van der Waals surface area contributed by atoms with Crippen molar-refractivity contribution in [2.45, 2.75) is 57.7 Å². The van der Waals surface area contributed by atoms with Crippen LogP contribution in [0.2, 0.25) is 0 Å². The zero-order chi connectivity index (χ0) is 16.5. The van der Waals surface area contributed by atoms with Gasteiger partial charge in [0, 0.05) is 5.41 Å². The van der Waals surface area contributed by atoms with Gasteiger partial charge in [-0.3, -0.25) is 4.79 Å². The van der Waals surface area contributed by atoms with E-state index < -0.39 is 53.2 Å². The monoisotopic (exact) mass is 312 g/mol. The number of hydrogen-bond acceptors (Lipinski definition) is 6. The number of rotatable bonds is 2. The van der Waals surface area contributed by atoms with Gasteiger partial charge in [0.2, 0.25) is 0 Å². The minimum absolute atomic E-state index is 0.369. The lowest BCUT2D eigenvalue weighted by molar-refractivity contribution is -0.274. The van der Waals surface area contributed by atoms with E-state index in [2.05, 4.69) is 0 Å². The van der Waals surface area contributed by atoms with Gasteiger partial charge in [0.15, 0.2) is 5.78 Å². The molecule has 0 amide bonds. The Labute approximate surface area is 129 Å². The molecule has 1 aliphatic carbocycles. The average Bonchev–Trinajstić information content (AvgIpc) is 3.22. The van der Waals surface area contributed by atoms with Gasteiger partial charge >= 0.3 is 0 Å². The lowest BCUT2D eigenvalue weighted by Crippen LogP contribution is -2.73. The molecule has 0 aromatic heterocycles. The summed E-state index contributed by atoms with van der Waals surface area (Å²) in [5, 5.41) is 30.9. The van der Waals surface area contributed by atoms with E-state index in [4.69, 9.17) is 9.47 Å². The third kappa shape index (κ3) is 1.59. The van der Waals surface area contributed by atoms with E-state index in [1.165, 1.54) is 0 Å². The van der Waals surface area contributed by atoms with Crippen LogP contribution in [0.4, 0.5) is 0 Å². The molecule has 124 valence electrons. The van der Waals surface area contributed by atoms with E-state index in [0.29, 0.717) is 12.2 Å². The largest absolute Gasteiger partial charge is 0.396 e. The molecule has 1 spiro atoms. The summed E-state index contributed by atoms with van der Waals surface area (Å²) in [5.74, 6) is -0.395. The van der Waals surface area contributed by atoms with Crippen molar-refractivity contribution in [3.05, 3.63) is 11.6 Å². The number of aliphatic hydroxyl groups is 3. The fraction of sp³-hybridized carbons (Fsp3) is 0.812. The minimum atomic E-state index is -1.36. The molecular weight excluding hydrogens is 288 g/mol. The van der Waals surface area contributed by atoms with Gasteiger partial charge < -0.3 is 24.8 Å². The fourth-order valence-corrected chi connectivity index (χ4v) is 4.42. The smallest absolute Gasteiger partial charge is 0.187 e. The van der Waals surface area contributed by atoms with Crippen molar-refractivity contribution in [3.8, 4) is 0 Å². The Bertz CT molecular complexity index is 533. The zero-order valence-electron chi connectivity index (χ0n) is 13.4. The highest BCUT2D eigenvalue weighted by molar-refractivity contribution is 6.00. The second-order valence-corrected chi connectivity index (χ2v) is 7.34. The molecule has 0 saturated carbocycles. The Hall–Kier alpha value is -0.790. The van der Waals surface area contributed by atoms with E-state index in [9.17, 15) is 20.1 Å². The molecule has 0 radical (unpaired) electrons. The average molecular weight is 312 g/mol. The zero-order valence-corrected chi connectivity index (χ0v) is 13.4. The van der Waals surface area contributed by atoms with Gasteiger partial charge in [-0.1, -0.05) is 13.8 Å². The maximum atomic E-state index is 12.3. The van der Waals surface area contributed by atoms with Gasteiger partial charge in [0.25, 0.3) is 0 Å². The number of carbonyl (C=O) groups excluding carboxylic acids is 1. The molecule has 0 aromatic rings. The molecule has 2 aliphatic heterocycles. The third-order valence-electron chi connectivity index (χ3n) is 6.16. The molecule has 0 bridgehead atoms. The lowest BCUT2D eigenvalue weighted by Gasteiger charge is -2.61. The van der Waals surface area contributed by atoms with Crippen molar-refractivity contribution in [1.82, 2.24) is 0 Å². The molecule has 2 saturated heterocycles. The molecule has 0 unspecified atom stereocenters. The molecule has 6 atom stereocenters. The Balaban J connectivity index is 2.18. The molecule has 6 heteroatoms. The van der Waals surface area contributed by atoms with Crippen LogP contribution in [0, 0.1) is 10.8 Å². The van der Waals surface area contributed by atoms with Crippen LogP contribution in [-0.4, -0.2) is 64.3 Å². The molecule has 3 aliphatic rings. The molecule has 2 fully saturated rings. The summed E-state index contributed by atoms with van der Waals surface area (Å²) in [4.78, 5) is 12.3. The number of ketones is 1. The van der Waals surface area contributed by atoms with Crippen molar-refractivity contribution < 1.29 is 29.6 Å². The van der Waals surface area contributed by atoms with Gasteiger partial charge in [-0.25, -0.2) is 0 Å². The minimum Gasteiger partial charge on any atom is -0.396 e. The van der Waals surface area contributed by atoms with E-state index in [1.807, 2.05) is 13.8 Å². The summed E-state index contributed by atoms with van der Waals surface area (Å²) in [6, 6.07) is 0. The van der Waals surface area contributed by atoms with Gasteiger partial charge in [0.05, 0.1) is 30.8 Å². The predicted molar refractivity (Wildman–Crippen MR) is 77.1 cm³/mol. The lowest BCUT2D eigenvalue weighted by atomic mass is 9.49. The van der Waals surface area contributed by atoms with Crippen LogP contribution in [0.25, 0.3) is 0 Å². The first-order valence-corrected chi connectivity index (χ1v) is 7.65. The van der Waals surface area contributed by atoms with E-state index in [1.54, 1.807) is 19.9 Å². The van der Waals surface area contributed by atoms with Crippen molar-refractivity contribution in [2.75, 3.05) is 13.2 Å². The molecule has 3 N–H and O–H groups in total. The number of epoxide rings is 1. The third-order valence-corrected chi connectivity index (χ3v) is 6.16. The Morgan fingerprint density at radius 3 is 2.50 bits per heavy atom. The molecule has 0 aromatic carbocycles. The Morgan fingerprint density at radius 2 is 2.05 bits per heavy atom. The van der Waals surface area contributed by atoms with Crippen LogP contribution in [0.5, 0.6) is 0 Å². The molecule has 3 rings (SSSR count). The number of hydrogen-bond donors (Lipinski definition) is 3. The Morgan fingerprint density at radius 1 is 1.45 bits per heavy atom. The van der Waals surface area contributed by atoms with Gasteiger partial charge in [-0.15, -0.1) is 0 Å². The summed E-state index contributed by atoms with van der Waals surface area (Å²) in [7, 11) is 0. The maximum Gasteiger partial charge on any atom is 0.187 e. The quantitative estimate of drug-likeness (QED) is 0.611. The summed E-state index contributed by atoms with van der Waals surface area (Å²) < 4.78 is 11.7. The van der Waals surface area contributed by atoms with Crippen molar-refractivity contribution >= 4 is 5.78 Å². The molecular formula is C16H24O6.